The molecule has 0 bridgehead atoms. The van der Waals surface area contributed by atoms with Crippen LogP contribution in [0.3, 0.4) is 0 Å². The molecule has 0 N–H and O–H groups in total. The molecule has 102 valence electrons. The van der Waals surface area contributed by atoms with Crippen LogP contribution in [0, 0.1) is 0 Å². The Balaban J connectivity index is 1.96. The van der Waals surface area contributed by atoms with Gasteiger partial charge in [0.1, 0.15) is 5.75 Å². The molecule has 0 radical (unpaired) electrons. The van der Waals surface area contributed by atoms with Crippen molar-refractivity contribution in [1.29, 1.82) is 0 Å². The van der Waals surface area contributed by atoms with Gasteiger partial charge in [0.2, 0.25) is 0 Å². The minimum atomic E-state index is -0.0491. The Morgan fingerprint density at radius 3 is 2.35 bits per heavy atom. The number of rotatable bonds is 5. The van der Waals surface area contributed by atoms with Crippen LogP contribution in [0.2, 0.25) is 5.02 Å². The van der Waals surface area contributed by atoms with E-state index in [0.717, 1.165) is 5.56 Å². The van der Waals surface area contributed by atoms with Crippen molar-refractivity contribution in [1.82, 2.24) is 0 Å². The maximum Gasteiger partial charge on any atom is 0.200 e. The van der Waals surface area contributed by atoms with E-state index in [-0.39, 0.29) is 12.4 Å². The van der Waals surface area contributed by atoms with E-state index in [9.17, 15) is 4.79 Å². The zero-order chi connectivity index (χ0) is 14.4. The van der Waals surface area contributed by atoms with Crippen LogP contribution >= 0.6 is 11.6 Å². The average molecular weight is 287 g/mol. The first-order chi connectivity index (χ1) is 9.69. The average Bonchev–Trinajstić information content (AvgIpc) is 2.47. The number of allylic oxidation sites excluding steroid dienone is 1. The van der Waals surface area contributed by atoms with Gasteiger partial charge in [-0.25, -0.2) is 0 Å². The highest BCUT2D eigenvalue weighted by Crippen LogP contribution is 2.16. The van der Waals surface area contributed by atoms with Crippen molar-refractivity contribution in [2.45, 2.75) is 6.92 Å². The van der Waals surface area contributed by atoms with Gasteiger partial charge in [0, 0.05) is 10.6 Å². The summed E-state index contributed by atoms with van der Waals surface area (Å²) in [5, 5.41) is 0.642. The minimum Gasteiger partial charge on any atom is -0.485 e. The summed E-state index contributed by atoms with van der Waals surface area (Å²) in [6.07, 6.45) is 3.94. The number of carbonyl (C=O) groups is 1. The normalized spacial score (nSPS) is 10.7. The molecule has 0 aliphatic rings. The summed E-state index contributed by atoms with van der Waals surface area (Å²) in [7, 11) is 0. The lowest BCUT2D eigenvalue weighted by atomic mass is 10.1. The van der Waals surface area contributed by atoms with Crippen molar-refractivity contribution < 1.29 is 9.53 Å². The standard InChI is InChI=1S/C17H15ClO2/c1-2-3-13-4-6-14(7-5-13)17(19)12-20-16-10-8-15(18)9-11-16/h2-11H,12H2,1H3. The lowest BCUT2D eigenvalue weighted by Crippen LogP contribution is -2.11. The minimum absolute atomic E-state index is 0.0184. The monoisotopic (exact) mass is 286 g/mol. The summed E-state index contributed by atoms with van der Waals surface area (Å²) in [5.41, 5.74) is 1.72. The van der Waals surface area contributed by atoms with Crippen LogP contribution in [0.1, 0.15) is 22.8 Å². The number of benzene rings is 2. The summed E-state index contributed by atoms with van der Waals surface area (Å²) in [6.45, 7) is 1.98. The van der Waals surface area contributed by atoms with E-state index in [2.05, 4.69) is 0 Å². The highest BCUT2D eigenvalue weighted by Gasteiger charge is 2.06. The fraction of sp³-hybridized carbons (Fsp3) is 0.118. The maximum atomic E-state index is 12.0. The van der Waals surface area contributed by atoms with Crippen LogP contribution in [-0.2, 0) is 0 Å². The fourth-order valence-corrected chi connectivity index (χ4v) is 1.86. The smallest absolute Gasteiger partial charge is 0.200 e. The largest absolute Gasteiger partial charge is 0.485 e. The van der Waals surface area contributed by atoms with Gasteiger partial charge in [0.25, 0.3) is 0 Å². The number of ketones is 1. The van der Waals surface area contributed by atoms with E-state index in [0.29, 0.717) is 16.3 Å². The Bertz CT molecular complexity index is 598. The predicted molar refractivity (Wildman–Crippen MR) is 82.4 cm³/mol. The third-order valence-corrected chi connectivity index (χ3v) is 3.03. The van der Waals surface area contributed by atoms with Crippen molar-refractivity contribution in [3.05, 3.63) is 70.8 Å². The van der Waals surface area contributed by atoms with Crippen molar-refractivity contribution in [2.75, 3.05) is 6.61 Å². The van der Waals surface area contributed by atoms with Crippen LogP contribution in [0.4, 0.5) is 0 Å². The summed E-state index contributed by atoms with van der Waals surface area (Å²) >= 11 is 5.78. The number of carbonyl (C=O) groups excluding carboxylic acids is 1. The van der Waals surface area contributed by atoms with E-state index in [1.807, 2.05) is 43.3 Å². The number of halogens is 1. The molecule has 0 saturated carbocycles. The Hall–Kier alpha value is -2.06. The second-order valence-corrected chi connectivity index (χ2v) is 4.72. The number of hydrogen-bond acceptors (Lipinski definition) is 2. The number of Topliss-reactive ketones (excluding diaryl/α,β-unsaturated/α-hetero) is 1. The SMILES string of the molecule is CC=Cc1ccc(C(=O)COc2ccc(Cl)cc2)cc1. The molecular weight excluding hydrogens is 272 g/mol. The molecule has 2 rings (SSSR count). The molecule has 0 aliphatic carbocycles. The Kier molecular flexibility index (Phi) is 4.97. The molecule has 0 aliphatic heterocycles. The van der Waals surface area contributed by atoms with Crippen molar-refractivity contribution in [3.63, 3.8) is 0 Å². The summed E-state index contributed by atoms with van der Waals surface area (Å²) in [4.78, 5) is 12.0. The van der Waals surface area contributed by atoms with Gasteiger partial charge in [0.15, 0.2) is 12.4 Å². The van der Waals surface area contributed by atoms with Crippen LogP contribution in [0.5, 0.6) is 5.75 Å². The van der Waals surface area contributed by atoms with Gasteiger partial charge in [-0.1, -0.05) is 48.0 Å². The molecule has 0 fully saturated rings. The molecule has 0 atom stereocenters. The highest BCUT2D eigenvalue weighted by molar-refractivity contribution is 6.30. The van der Waals surface area contributed by atoms with Gasteiger partial charge in [0.05, 0.1) is 0 Å². The first-order valence-corrected chi connectivity index (χ1v) is 6.71. The molecule has 2 aromatic carbocycles. The third-order valence-electron chi connectivity index (χ3n) is 2.78. The lowest BCUT2D eigenvalue weighted by molar-refractivity contribution is 0.0921. The van der Waals surface area contributed by atoms with E-state index in [4.69, 9.17) is 16.3 Å². The van der Waals surface area contributed by atoms with Crippen molar-refractivity contribution in [2.24, 2.45) is 0 Å². The van der Waals surface area contributed by atoms with Gasteiger partial charge in [-0.3, -0.25) is 4.79 Å². The van der Waals surface area contributed by atoms with Gasteiger partial charge in [-0.05, 0) is 36.8 Å². The molecular formula is C17H15ClO2. The first kappa shape index (κ1) is 14.4. The predicted octanol–water partition coefficient (Wildman–Crippen LogP) is 4.63. The van der Waals surface area contributed by atoms with E-state index < -0.39 is 0 Å². The van der Waals surface area contributed by atoms with Crippen molar-refractivity contribution >= 4 is 23.5 Å². The van der Waals surface area contributed by atoms with E-state index in [1.165, 1.54) is 0 Å². The molecule has 0 aromatic heterocycles. The quantitative estimate of drug-likeness (QED) is 0.749. The molecule has 3 heteroatoms. The molecule has 2 nitrogen and oxygen atoms in total. The maximum absolute atomic E-state index is 12.0. The Morgan fingerprint density at radius 2 is 1.75 bits per heavy atom. The van der Waals surface area contributed by atoms with E-state index >= 15 is 0 Å². The molecule has 20 heavy (non-hydrogen) atoms. The number of hydrogen-bond donors (Lipinski definition) is 0. The second kappa shape index (κ2) is 6.92. The number of ether oxygens (including phenoxy) is 1. The van der Waals surface area contributed by atoms with Crippen LogP contribution in [0.15, 0.2) is 54.6 Å². The van der Waals surface area contributed by atoms with Gasteiger partial charge in [-0.15, -0.1) is 0 Å². The van der Waals surface area contributed by atoms with Gasteiger partial charge >= 0.3 is 0 Å². The zero-order valence-corrected chi connectivity index (χ0v) is 11.9. The third kappa shape index (κ3) is 3.97. The molecule has 0 unspecified atom stereocenters. The lowest BCUT2D eigenvalue weighted by Gasteiger charge is -2.06. The van der Waals surface area contributed by atoms with E-state index in [1.54, 1.807) is 24.3 Å². The molecule has 0 amide bonds. The van der Waals surface area contributed by atoms with Gasteiger partial charge in [-0.2, -0.15) is 0 Å². The summed E-state index contributed by atoms with van der Waals surface area (Å²) in [5.74, 6) is 0.584. The van der Waals surface area contributed by atoms with Gasteiger partial charge < -0.3 is 4.74 Å². The Labute approximate surface area is 123 Å². The molecule has 0 heterocycles. The highest BCUT2D eigenvalue weighted by atomic mass is 35.5. The van der Waals surface area contributed by atoms with Crippen LogP contribution < -0.4 is 4.74 Å². The molecule has 0 spiro atoms. The summed E-state index contributed by atoms with van der Waals surface area (Å²) in [6, 6.07) is 14.4. The topological polar surface area (TPSA) is 26.3 Å². The molecule has 0 saturated heterocycles. The molecule has 2 aromatic rings. The van der Waals surface area contributed by atoms with Crippen molar-refractivity contribution in [3.8, 4) is 5.75 Å². The van der Waals surface area contributed by atoms with Crippen LogP contribution in [-0.4, -0.2) is 12.4 Å². The summed E-state index contributed by atoms with van der Waals surface area (Å²) < 4.78 is 5.43. The second-order valence-electron chi connectivity index (χ2n) is 4.29. The first-order valence-electron chi connectivity index (χ1n) is 6.33. The fourth-order valence-electron chi connectivity index (χ4n) is 1.74. The zero-order valence-electron chi connectivity index (χ0n) is 11.2. The Morgan fingerprint density at radius 1 is 1.10 bits per heavy atom. The van der Waals surface area contributed by atoms with Crippen LogP contribution in [0.25, 0.3) is 6.08 Å².